The summed E-state index contributed by atoms with van der Waals surface area (Å²) in [4.78, 5) is 28.7. The topological polar surface area (TPSA) is 91.8 Å². The fourth-order valence-corrected chi connectivity index (χ4v) is 2.19. The van der Waals surface area contributed by atoms with Crippen LogP contribution in [0.15, 0.2) is 18.3 Å². The molecule has 1 aliphatic heterocycles. The molecule has 114 valence electrons. The Morgan fingerprint density at radius 3 is 2.90 bits per heavy atom. The van der Waals surface area contributed by atoms with Gasteiger partial charge in [0.25, 0.3) is 0 Å². The Morgan fingerprint density at radius 1 is 1.52 bits per heavy atom. The number of pyridine rings is 1. The number of aliphatic carboxylic acids is 1. The van der Waals surface area contributed by atoms with Gasteiger partial charge in [-0.2, -0.15) is 0 Å². The van der Waals surface area contributed by atoms with E-state index in [4.69, 9.17) is 21.4 Å². The quantitative estimate of drug-likeness (QED) is 0.817. The largest absolute Gasteiger partial charge is 0.481 e. The smallest absolute Gasteiger partial charge is 0.311 e. The van der Waals surface area contributed by atoms with Gasteiger partial charge < -0.3 is 20.1 Å². The summed E-state index contributed by atoms with van der Waals surface area (Å²) in [7, 11) is 1.72. The van der Waals surface area contributed by atoms with Gasteiger partial charge in [0.05, 0.1) is 30.8 Å². The first kappa shape index (κ1) is 15.5. The fraction of sp³-hybridized carbons (Fsp3) is 0.462. The Hall–Kier alpha value is -1.86. The van der Waals surface area contributed by atoms with E-state index in [1.165, 1.54) is 6.20 Å². The lowest BCUT2D eigenvalue weighted by atomic mass is 10.0. The number of aromatic nitrogens is 1. The summed E-state index contributed by atoms with van der Waals surface area (Å²) in [6.07, 6.45) is 1.50. The summed E-state index contributed by atoms with van der Waals surface area (Å²) in [5.74, 6) is -1.35. The minimum absolute atomic E-state index is 0.0669. The molecule has 2 atom stereocenters. The van der Waals surface area contributed by atoms with Crippen molar-refractivity contribution in [3.05, 3.63) is 23.4 Å². The number of amides is 1. The maximum atomic E-state index is 12.0. The Labute approximate surface area is 126 Å². The van der Waals surface area contributed by atoms with Crippen molar-refractivity contribution in [3.8, 4) is 0 Å². The molecule has 0 radical (unpaired) electrons. The molecule has 2 rings (SSSR count). The van der Waals surface area contributed by atoms with Gasteiger partial charge in [-0.1, -0.05) is 11.6 Å². The molecule has 7 nitrogen and oxygen atoms in total. The van der Waals surface area contributed by atoms with E-state index in [1.54, 1.807) is 24.1 Å². The molecule has 1 aromatic heterocycles. The van der Waals surface area contributed by atoms with E-state index in [1.807, 2.05) is 0 Å². The zero-order valence-corrected chi connectivity index (χ0v) is 12.2. The van der Waals surface area contributed by atoms with Crippen molar-refractivity contribution >= 4 is 29.3 Å². The maximum Gasteiger partial charge on any atom is 0.311 e. The molecule has 8 heteroatoms. The lowest BCUT2D eigenvalue weighted by Crippen LogP contribution is -2.46. The standard InChI is InChI=1S/C13H16ClN3O4/c1-17(11-3-2-8(14)4-15-11)5-12(18)16-10-7-21-6-9(10)13(19)20/h2-4,9-10H,5-7H2,1H3,(H,16,18)(H,19,20). The van der Waals surface area contributed by atoms with Crippen LogP contribution in [0.4, 0.5) is 5.82 Å². The minimum atomic E-state index is -0.967. The van der Waals surface area contributed by atoms with Crippen LogP contribution in [0.1, 0.15) is 0 Å². The van der Waals surface area contributed by atoms with E-state index < -0.39 is 17.9 Å². The third-order valence-electron chi connectivity index (χ3n) is 3.23. The molecule has 0 saturated carbocycles. The molecule has 2 heterocycles. The lowest BCUT2D eigenvalue weighted by molar-refractivity contribution is -0.142. The summed E-state index contributed by atoms with van der Waals surface area (Å²) in [6, 6.07) is 2.89. The summed E-state index contributed by atoms with van der Waals surface area (Å²) in [5, 5.41) is 12.2. The molecular formula is C13H16ClN3O4. The second-order valence-corrected chi connectivity index (χ2v) is 5.28. The van der Waals surface area contributed by atoms with Crippen LogP contribution < -0.4 is 10.2 Å². The number of hydrogen-bond acceptors (Lipinski definition) is 5. The minimum Gasteiger partial charge on any atom is -0.481 e. The Morgan fingerprint density at radius 2 is 2.29 bits per heavy atom. The summed E-state index contributed by atoms with van der Waals surface area (Å²) in [6.45, 7) is 0.401. The van der Waals surface area contributed by atoms with Crippen LogP contribution in [-0.4, -0.2) is 54.8 Å². The van der Waals surface area contributed by atoms with E-state index in [2.05, 4.69) is 10.3 Å². The first-order valence-corrected chi connectivity index (χ1v) is 6.78. The van der Waals surface area contributed by atoms with Crippen LogP contribution in [0.5, 0.6) is 0 Å². The van der Waals surface area contributed by atoms with Gasteiger partial charge in [0.1, 0.15) is 11.7 Å². The summed E-state index contributed by atoms with van der Waals surface area (Å²) in [5.41, 5.74) is 0. The second-order valence-electron chi connectivity index (χ2n) is 4.85. The molecule has 2 unspecified atom stereocenters. The zero-order chi connectivity index (χ0) is 15.4. The Bertz CT molecular complexity index is 523. The molecule has 1 amide bonds. The number of anilines is 1. The highest BCUT2D eigenvalue weighted by Crippen LogP contribution is 2.15. The van der Waals surface area contributed by atoms with Gasteiger partial charge in [-0.3, -0.25) is 9.59 Å². The molecule has 21 heavy (non-hydrogen) atoms. The molecule has 1 aromatic rings. The lowest BCUT2D eigenvalue weighted by Gasteiger charge is -2.20. The van der Waals surface area contributed by atoms with Gasteiger partial charge >= 0.3 is 5.97 Å². The number of rotatable bonds is 5. The average molecular weight is 314 g/mol. The van der Waals surface area contributed by atoms with Crippen molar-refractivity contribution in [2.75, 3.05) is 31.7 Å². The van der Waals surface area contributed by atoms with Crippen LogP contribution in [0.2, 0.25) is 5.02 Å². The SMILES string of the molecule is CN(CC(=O)NC1COCC1C(=O)O)c1ccc(Cl)cn1. The number of ether oxygens (including phenoxy) is 1. The van der Waals surface area contributed by atoms with Crippen molar-refractivity contribution < 1.29 is 19.4 Å². The second kappa shape index (κ2) is 6.73. The van der Waals surface area contributed by atoms with Crippen molar-refractivity contribution in [3.63, 3.8) is 0 Å². The molecule has 0 aromatic carbocycles. The molecule has 1 fully saturated rings. The molecule has 2 N–H and O–H groups in total. The highest BCUT2D eigenvalue weighted by molar-refractivity contribution is 6.30. The van der Waals surface area contributed by atoms with Crippen molar-refractivity contribution in [1.29, 1.82) is 0 Å². The number of likely N-dealkylation sites (N-methyl/N-ethyl adjacent to an activating group) is 1. The monoisotopic (exact) mass is 313 g/mol. The van der Waals surface area contributed by atoms with Gasteiger partial charge in [0.2, 0.25) is 5.91 Å². The Balaban J connectivity index is 1.89. The van der Waals surface area contributed by atoms with E-state index in [-0.39, 0.29) is 25.7 Å². The number of halogens is 1. The molecule has 0 bridgehead atoms. The molecular weight excluding hydrogens is 298 g/mol. The van der Waals surface area contributed by atoms with Crippen molar-refractivity contribution in [2.24, 2.45) is 5.92 Å². The van der Waals surface area contributed by atoms with Crippen molar-refractivity contribution in [2.45, 2.75) is 6.04 Å². The zero-order valence-electron chi connectivity index (χ0n) is 11.5. The molecule has 1 aliphatic rings. The highest BCUT2D eigenvalue weighted by atomic mass is 35.5. The predicted molar refractivity (Wildman–Crippen MR) is 76.4 cm³/mol. The van der Waals surface area contributed by atoms with Gasteiger partial charge in [-0.15, -0.1) is 0 Å². The normalized spacial score (nSPS) is 21.0. The van der Waals surface area contributed by atoms with Crippen molar-refractivity contribution in [1.82, 2.24) is 10.3 Å². The number of hydrogen-bond donors (Lipinski definition) is 2. The van der Waals surface area contributed by atoms with Gasteiger partial charge in [0, 0.05) is 13.2 Å². The van der Waals surface area contributed by atoms with E-state index in [0.29, 0.717) is 10.8 Å². The number of carbonyl (C=O) groups excluding carboxylic acids is 1. The van der Waals surface area contributed by atoms with Gasteiger partial charge in [0.15, 0.2) is 0 Å². The molecule has 1 saturated heterocycles. The third kappa shape index (κ3) is 4.05. The summed E-state index contributed by atoms with van der Waals surface area (Å²) >= 11 is 5.75. The average Bonchev–Trinajstić information content (AvgIpc) is 2.87. The maximum absolute atomic E-state index is 12.0. The summed E-state index contributed by atoms with van der Waals surface area (Å²) < 4.78 is 5.10. The van der Waals surface area contributed by atoms with Crippen LogP contribution in [-0.2, 0) is 14.3 Å². The van der Waals surface area contributed by atoms with Gasteiger partial charge in [-0.05, 0) is 12.1 Å². The van der Waals surface area contributed by atoms with Crippen LogP contribution in [0.25, 0.3) is 0 Å². The van der Waals surface area contributed by atoms with E-state index in [0.717, 1.165) is 0 Å². The third-order valence-corrected chi connectivity index (χ3v) is 3.45. The first-order chi connectivity index (χ1) is 9.97. The number of nitrogens with one attached hydrogen (secondary N) is 1. The molecule has 0 spiro atoms. The van der Waals surface area contributed by atoms with E-state index in [9.17, 15) is 9.59 Å². The number of carbonyl (C=O) groups is 2. The number of carboxylic acids is 1. The number of carboxylic acid groups (broad SMARTS) is 1. The van der Waals surface area contributed by atoms with Gasteiger partial charge in [-0.25, -0.2) is 4.98 Å². The molecule has 0 aliphatic carbocycles. The van der Waals surface area contributed by atoms with Crippen LogP contribution in [0, 0.1) is 5.92 Å². The van der Waals surface area contributed by atoms with Crippen LogP contribution >= 0.6 is 11.6 Å². The predicted octanol–water partition coefficient (Wildman–Crippen LogP) is 0.387. The Kier molecular flexibility index (Phi) is 4.98. The van der Waals surface area contributed by atoms with Crippen LogP contribution in [0.3, 0.4) is 0 Å². The van der Waals surface area contributed by atoms with E-state index >= 15 is 0 Å². The highest BCUT2D eigenvalue weighted by Gasteiger charge is 2.35. The first-order valence-electron chi connectivity index (χ1n) is 6.40. The number of nitrogens with zero attached hydrogens (tertiary/aromatic N) is 2. The fourth-order valence-electron chi connectivity index (χ4n) is 2.08.